The Hall–Kier alpha value is -10.4. The highest BCUT2D eigenvalue weighted by Crippen LogP contribution is 2.57. The largest absolute Gasteiger partial charge is 0.228 e. The van der Waals surface area contributed by atoms with E-state index in [0.29, 0.717) is 11.6 Å². The number of aromatic nitrogens is 4. The summed E-state index contributed by atoms with van der Waals surface area (Å²) in [7, 11) is 0. The summed E-state index contributed by atoms with van der Waals surface area (Å²) in [5.41, 5.74) is 26.9. The molecular weight excluding hydrogens is 969 g/mol. The minimum absolute atomic E-state index is 0.0157. The van der Waals surface area contributed by atoms with Crippen molar-refractivity contribution >= 4 is 0 Å². The summed E-state index contributed by atoms with van der Waals surface area (Å²) in [4.78, 5) is 21.6. The van der Waals surface area contributed by atoms with Crippen LogP contribution in [0.4, 0.5) is 0 Å². The van der Waals surface area contributed by atoms with Crippen molar-refractivity contribution in [3.63, 3.8) is 0 Å². The summed E-state index contributed by atoms with van der Waals surface area (Å²) in [6.07, 6.45) is 0. The molecule has 4 heteroatoms. The fourth-order valence-corrected chi connectivity index (χ4v) is 12.4. The van der Waals surface area contributed by atoms with E-state index in [2.05, 4.69) is 291 Å². The van der Waals surface area contributed by atoms with E-state index < -0.39 is 0 Å². The van der Waals surface area contributed by atoms with Gasteiger partial charge in [0.25, 0.3) is 0 Å². The van der Waals surface area contributed by atoms with Crippen molar-refractivity contribution in [3.8, 4) is 112 Å². The highest BCUT2D eigenvalue weighted by atomic mass is 14.9. The predicted molar refractivity (Wildman–Crippen MR) is 327 cm³/mol. The second-order valence-corrected chi connectivity index (χ2v) is 20.8. The topological polar surface area (TPSA) is 51.6 Å². The van der Waals surface area contributed by atoms with Crippen molar-refractivity contribution in [1.82, 2.24) is 19.9 Å². The molecule has 2 heterocycles. The second kappa shape index (κ2) is 19.9. The molecule has 0 spiro atoms. The van der Waals surface area contributed by atoms with E-state index in [4.69, 9.17) is 19.9 Å². The van der Waals surface area contributed by atoms with Gasteiger partial charge in [-0.1, -0.05) is 255 Å². The molecule has 0 saturated carbocycles. The molecule has 374 valence electrons. The summed E-state index contributed by atoms with van der Waals surface area (Å²) in [6.45, 7) is 0. The van der Waals surface area contributed by atoms with Crippen LogP contribution >= 0.6 is 0 Å². The summed E-state index contributed by atoms with van der Waals surface area (Å²) in [5.74, 6) is 1.42. The van der Waals surface area contributed by atoms with Crippen molar-refractivity contribution in [2.75, 3.05) is 0 Å². The number of hydrogen-bond donors (Lipinski definition) is 0. The highest BCUT2D eigenvalue weighted by Gasteiger charge is 2.41. The predicted octanol–water partition coefficient (Wildman–Crippen LogP) is 18.9. The average Bonchev–Trinajstić information content (AvgIpc) is 3.67. The summed E-state index contributed by atoms with van der Waals surface area (Å²) in [6, 6.07) is 104. The lowest BCUT2D eigenvalue weighted by atomic mass is 9.61. The van der Waals surface area contributed by atoms with Gasteiger partial charge in [0.2, 0.25) is 0 Å². The third kappa shape index (κ3) is 8.42. The quantitative estimate of drug-likeness (QED) is 0.137. The summed E-state index contributed by atoms with van der Waals surface area (Å²) in [5, 5.41) is 0. The Morgan fingerprint density at radius 1 is 0.175 bits per heavy atom. The van der Waals surface area contributed by atoms with Crippen LogP contribution in [0.15, 0.2) is 291 Å². The molecule has 0 fully saturated rings. The van der Waals surface area contributed by atoms with Gasteiger partial charge in [-0.15, -0.1) is 0 Å². The lowest BCUT2D eigenvalue weighted by Crippen LogP contribution is -2.27. The third-order valence-corrected chi connectivity index (χ3v) is 16.1. The van der Waals surface area contributed by atoms with Crippen LogP contribution in [0.3, 0.4) is 0 Å². The van der Waals surface area contributed by atoms with Crippen molar-refractivity contribution in [1.29, 1.82) is 0 Å². The van der Waals surface area contributed by atoms with Crippen LogP contribution in [-0.2, 0) is 0 Å². The van der Waals surface area contributed by atoms with Gasteiger partial charge in [0.15, 0.2) is 11.6 Å². The zero-order valence-electron chi connectivity index (χ0n) is 43.7. The Bertz CT molecular complexity index is 4190. The van der Waals surface area contributed by atoms with Gasteiger partial charge in [0.1, 0.15) is 0 Å². The lowest BCUT2D eigenvalue weighted by molar-refractivity contribution is 0.754. The van der Waals surface area contributed by atoms with Crippen molar-refractivity contribution in [2.45, 2.75) is 11.8 Å². The zero-order chi connectivity index (χ0) is 52.9. The number of nitrogens with zero attached hydrogens (tertiary/aromatic N) is 4. The van der Waals surface area contributed by atoms with Crippen LogP contribution in [0.25, 0.3) is 112 Å². The van der Waals surface area contributed by atoms with E-state index in [1.165, 1.54) is 66.8 Å². The number of benzene rings is 11. The molecule has 11 aromatic carbocycles. The molecule has 13 aromatic rings. The molecule has 0 amide bonds. The van der Waals surface area contributed by atoms with Crippen LogP contribution in [0.5, 0.6) is 0 Å². The van der Waals surface area contributed by atoms with Gasteiger partial charge in [-0.25, -0.2) is 19.9 Å². The van der Waals surface area contributed by atoms with E-state index in [1.807, 2.05) is 0 Å². The van der Waals surface area contributed by atoms with Crippen LogP contribution in [-0.4, -0.2) is 19.9 Å². The maximum atomic E-state index is 5.43. The van der Waals surface area contributed by atoms with Gasteiger partial charge in [0, 0.05) is 45.2 Å². The van der Waals surface area contributed by atoms with E-state index in [0.717, 1.165) is 67.3 Å². The Morgan fingerprint density at radius 3 is 0.850 bits per heavy atom. The average molecular weight is 1020 g/mol. The second-order valence-electron chi connectivity index (χ2n) is 20.8. The molecule has 16 rings (SSSR count). The lowest BCUT2D eigenvalue weighted by Gasteiger charge is -2.42. The first-order valence-corrected chi connectivity index (χ1v) is 27.4. The fourth-order valence-electron chi connectivity index (χ4n) is 12.4. The number of rotatable bonds is 10. The van der Waals surface area contributed by atoms with Crippen LogP contribution in [0.2, 0.25) is 0 Å². The molecule has 3 aliphatic rings. The molecule has 0 radical (unpaired) electrons. The van der Waals surface area contributed by atoms with E-state index in [-0.39, 0.29) is 11.8 Å². The summed E-state index contributed by atoms with van der Waals surface area (Å²) >= 11 is 0. The molecule has 2 bridgehead atoms. The summed E-state index contributed by atoms with van der Waals surface area (Å²) < 4.78 is 0. The maximum Gasteiger partial charge on any atom is 0.160 e. The normalized spacial score (nSPS) is 13.8. The smallest absolute Gasteiger partial charge is 0.160 e. The van der Waals surface area contributed by atoms with Crippen LogP contribution in [0, 0.1) is 0 Å². The fraction of sp³-hybridized carbons (Fsp3) is 0.0263. The molecule has 80 heavy (non-hydrogen) atoms. The van der Waals surface area contributed by atoms with Gasteiger partial charge >= 0.3 is 0 Å². The minimum atomic E-state index is 0.0157. The van der Waals surface area contributed by atoms with E-state index >= 15 is 0 Å². The third-order valence-electron chi connectivity index (χ3n) is 16.1. The first kappa shape index (κ1) is 46.8. The standard InChI is InChI=1S/C76H50N4/c1-5-21-49(22-6-1)59-33-13-15-35-61(59)53-29-19-31-55(43-53)71-47-69(51-25-9-3-10-26-51)77-75(79-71)57-39-41-65-67(45-57)73-63-37-17-18-38-64(63)74(65)68-46-58(40-42-66(68)73)76-78-70(52-27-11-4-12-28-52)48-72(80-76)56-32-20-30-54(44-56)62-36-16-14-34-60(62)50-23-7-2-8-24-50/h1-48,73-74H. The molecule has 2 aromatic heterocycles. The van der Waals surface area contributed by atoms with Gasteiger partial charge < -0.3 is 0 Å². The molecule has 0 N–H and O–H groups in total. The van der Waals surface area contributed by atoms with Crippen molar-refractivity contribution < 1.29 is 0 Å². The molecular formula is C76H50N4. The first-order chi connectivity index (χ1) is 39.6. The van der Waals surface area contributed by atoms with Crippen LogP contribution in [0.1, 0.15) is 45.2 Å². The Labute approximate surface area is 466 Å². The van der Waals surface area contributed by atoms with Crippen LogP contribution < -0.4 is 0 Å². The first-order valence-electron chi connectivity index (χ1n) is 27.4. The molecule has 2 atom stereocenters. The van der Waals surface area contributed by atoms with Crippen molar-refractivity contribution in [2.24, 2.45) is 0 Å². The molecule has 2 unspecified atom stereocenters. The van der Waals surface area contributed by atoms with E-state index in [9.17, 15) is 0 Å². The Kier molecular flexibility index (Phi) is 11.6. The Balaban J connectivity index is 0.824. The molecule has 0 saturated heterocycles. The molecule has 0 aliphatic heterocycles. The van der Waals surface area contributed by atoms with Crippen molar-refractivity contribution in [3.05, 3.63) is 325 Å². The molecule has 4 nitrogen and oxygen atoms in total. The number of hydrogen-bond acceptors (Lipinski definition) is 4. The van der Waals surface area contributed by atoms with Gasteiger partial charge in [-0.2, -0.15) is 0 Å². The van der Waals surface area contributed by atoms with Gasteiger partial charge in [-0.3, -0.25) is 0 Å². The van der Waals surface area contributed by atoms with E-state index in [1.54, 1.807) is 0 Å². The Morgan fingerprint density at radius 2 is 0.463 bits per heavy atom. The SMILES string of the molecule is c1ccc(-c2cc(-c3cccc(-c4ccccc4-c4ccccc4)c3)nc(-c3ccc4c(c3)C3c5ccccc5C4c4cc(-c5nc(-c6ccccc6)cc(-c6cccc(-c7ccccc7-c7ccccc7)c6)n5)ccc43)n2)cc1. The zero-order valence-corrected chi connectivity index (χ0v) is 43.7. The molecule has 3 aliphatic carbocycles. The minimum Gasteiger partial charge on any atom is -0.228 e. The monoisotopic (exact) mass is 1020 g/mol. The maximum absolute atomic E-state index is 5.43. The van der Waals surface area contributed by atoms with Gasteiger partial charge in [0.05, 0.1) is 22.8 Å². The van der Waals surface area contributed by atoms with Gasteiger partial charge in [-0.05, 0) is 114 Å². The highest BCUT2D eigenvalue weighted by molar-refractivity contribution is 5.88.